The highest BCUT2D eigenvalue weighted by atomic mass is 35.5. The van der Waals surface area contributed by atoms with Crippen LogP contribution >= 0.6 is 11.6 Å². The van der Waals surface area contributed by atoms with E-state index in [1.807, 2.05) is 31.7 Å². The van der Waals surface area contributed by atoms with Crippen LogP contribution in [0.3, 0.4) is 0 Å². The summed E-state index contributed by atoms with van der Waals surface area (Å²) >= 11 is 6.46. The van der Waals surface area contributed by atoms with Gasteiger partial charge in [0.2, 0.25) is 5.91 Å². The Hall–Kier alpha value is -2.64. The molecule has 4 aliphatic rings. The summed E-state index contributed by atoms with van der Waals surface area (Å²) in [6, 6.07) is 8.21. The standard InChI is InChI=1S/C32H37ClF2N4O3/c1-19-26(33)15-23-28(37-19)32(42-29(23)31(2,3)18-36)8-10-38(11-9-32)30(40)25-17-39(21-6-12-41-13-7-21)16-24(25)22-5-4-20(34)14-27(22)35/h4-5,14-15,21,24-25,29H,6-13,16-17H2,1-3H3/t24-,25+,29?/m0/s1. The number of amides is 1. The van der Waals surface area contributed by atoms with Gasteiger partial charge in [-0.25, -0.2) is 8.78 Å². The highest BCUT2D eigenvalue weighted by Gasteiger charge is 2.54. The normalized spacial score (nSPS) is 26.4. The number of ether oxygens (including phenoxy) is 2. The third kappa shape index (κ3) is 5.11. The van der Waals surface area contributed by atoms with E-state index >= 15 is 4.39 Å². The molecule has 7 nitrogen and oxygen atoms in total. The number of nitrogens with zero attached hydrogens (tertiary/aromatic N) is 4. The van der Waals surface area contributed by atoms with Gasteiger partial charge in [0.1, 0.15) is 23.3 Å². The molecular formula is C32H37ClF2N4O3. The smallest absolute Gasteiger partial charge is 0.227 e. The van der Waals surface area contributed by atoms with Crippen LogP contribution in [0.1, 0.15) is 74.1 Å². The summed E-state index contributed by atoms with van der Waals surface area (Å²) in [5.74, 6) is -2.05. The molecule has 0 bridgehead atoms. The number of piperidine rings is 1. The number of hydrogen-bond donors (Lipinski definition) is 0. The van der Waals surface area contributed by atoms with E-state index in [1.165, 1.54) is 12.1 Å². The Morgan fingerprint density at radius 1 is 1.14 bits per heavy atom. The Morgan fingerprint density at radius 2 is 1.86 bits per heavy atom. The minimum Gasteiger partial charge on any atom is -0.381 e. The van der Waals surface area contributed by atoms with E-state index in [2.05, 4.69) is 11.0 Å². The molecular weight excluding hydrogens is 562 g/mol. The van der Waals surface area contributed by atoms with Gasteiger partial charge < -0.3 is 14.4 Å². The third-order valence-corrected chi connectivity index (χ3v) is 10.2. The summed E-state index contributed by atoms with van der Waals surface area (Å²) in [6.45, 7) is 8.90. The molecule has 3 atom stereocenters. The van der Waals surface area contributed by atoms with Gasteiger partial charge in [0.05, 0.1) is 33.8 Å². The number of aryl methyl sites for hydroxylation is 1. The largest absolute Gasteiger partial charge is 0.381 e. The molecule has 2 aromatic rings. The van der Waals surface area contributed by atoms with E-state index in [0.29, 0.717) is 68.5 Å². The molecule has 4 aliphatic heterocycles. The van der Waals surface area contributed by atoms with Gasteiger partial charge in [-0.3, -0.25) is 14.7 Å². The molecule has 6 rings (SSSR count). The van der Waals surface area contributed by atoms with Crippen LogP contribution in [0, 0.1) is 41.2 Å². The van der Waals surface area contributed by atoms with Crippen LogP contribution in [-0.2, 0) is 19.9 Å². The minimum atomic E-state index is -0.796. The van der Waals surface area contributed by atoms with Crippen LogP contribution in [0.25, 0.3) is 0 Å². The lowest BCUT2D eigenvalue weighted by Crippen LogP contribution is -2.48. The van der Waals surface area contributed by atoms with Crippen LogP contribution in [0.4, 0.5) is 8.78 Å². The average molecular weight is 599 g/mol. The van der Waals surface area contributed by atoms with Crippen LogP contribution in [0.15, 0.2) is 24.3 Å². The molecule has 1 amide bonds. The van der Waals surface area contributed by atoms with E-state index in [1.54, 1.807) is 0 Å². The number of likely N-dealkylation sites (tertiary alicyclic amines) is 2. The second kappa shape index (κ2) is 11.1. The van der Waals surface area contributed by atoms with E-state index < -0.39 is 34.7 Å². The summed E-state index contributed by atoms with van der Waals surface area (Å²) in [5.41, 5.74) is 1.23. The lowest BCUT2D eigenvalue weighted by molar-refractivity contribution is -0.153. The van der Waals surface area contributed by atoms with Gasteiger partial charge in [-0.2, -0.15) is 5.26 Å². The zero-order valence-corrected chi connectivity index (χ0v) is 25.1. The number of hydrogen-bond acceptors (Lipinski definition) is 6. The number of pyridine rings is 1. The maximum absolute atomic E-state index is 15.1. The topological polar surface area (TPSA) is 78.7 Å². The molecule has 3 fully saturated rings. The molecule has 5 heterocycles. The SMILES string of the molecule is Cc1nc2c(cc1Cl)C(C(C)(C)C#N)OC21CCN(C(=O)[C@@H]2CN(C3CCOCC3)C[C@H]2c2ccc(F)cc2F)CC1. The van der Waals surface area contributed by atoms with E-state index in [4.69, 9.17) is 26.1 Å². The van der Waals surface area contributed by atoms with Crippen molar-refractivity contribution < 1.29 is 23.0 Å². The van der Waals surface area contributed by atoms with Gasteiger partial charge in [0.25, 0.3) is 0 Å². The lowest BCUT2D eigenvalue weighted by atomic mass is 9.82. The van der Waals surface area contributed by atoms with Crippen molar-refractivity contribution in [2.75, 3.05) is 39.4 Å². The fraction of sp³-hybridized carbons (Fsp3) is 0.594. The Bertz CT molecular complexity index is 1420. The van der Waals surface area contributed by atoms with Crippen molar-refractivity contribution in [1.82, 2.24) is 14.8 Å². The highest BCUT2D eigenvalue weighted by molar-refractivity contribution is 6.31. The van der Waals surface area contributed by atoms with Crippen molar-refractivity contribution in [3.05, 3.63) is 63.4 Å². The van der Waals surface area contributed by atoms with Crippen LogP contribution in [0.2, 0.25) is 5.02 Å². The number of nitriles is 1. The van der Waals surface area contributed by atoms with Gasteiger partial charge in [0, 0.05) is 63.0 Å². The van der Waals surface area contributed by atoms with Gasteiger partial charge in [-0.05, 0) is 64.2 Å². The number of rotatable bonds is 4. The first-order chi connectivity index (χ1) is 20.0. The Balaban J connectivity index is 1.25. The number of carbonyl (C=O) groups excluding carboxylic acids is 1. The number of aromatic nitrogens is 1. The molecule has 0 saturated carbocycles. The monoisotopic (exact) mass is 598 g/mol. The summed E-state index contributed by atoms with van der Waals surface area (Å²) in [5, 5.41) is 10.4. The number of fused-ring (bicyclic) bond motifs is 2. The Morgan fingerprint density at radius 3 is 2.52 bits per heavy atom. The minimum absolute atomic E-state index is 0.0134. The molecule has 42 heavy (non-hydrogen) atoms. The molecule has 224 valence electrons. The van der Waals surface area contributed by atoms with Crippen LogP contribution in [0.5, 0.6) is 0 Å². The molecule has 3 saturated heterocycles. The highest BCUT2D eigenvalue weighted by Crippen LogP contribution is 2.54. The maximum Gasteiger partial charge on any atom is 0.227 e. The summed E-state index contributed by atoms with van der Waals surface area (Å²) in [6.07, 6.45) is 2.32. The van der Waals surface area contributed by atoms with E-state index in [9.17, 15) is 14.4 Å². The first kappa shape index (κ1) is 29.4. The predicted molar refractivity (Wildman–Crippen MR) is 153 cm³/mol. The zero-order chi connectivity index (χ0) is 29.8. The number of carbonyl (C=O) groups is 1. The van der Waals surface area contributed by atoms with Crippen LogP contribution < -0.4 is 0 Å². The first-order valence-corrected chi connectivity index (χ1v) is 15.2. The average Bonchev–Trinajstić information content (AvgIpc) is 3.55. The van der Waals surface area contributed by atoms with Crippen molar-refractivity contribution in [2.24, 2.45) is 11.3 Å². The molecule has 10 heteroatoms. The molecule has 0 aliphatic carbocycles. The molecule has 1 spiro atoms. The van der Waals surface area contributed by atoms with Crippen molar-refractivity contribution in [3.8, 4) is 6.07 Å². The molecule has 1 aromatic carbocycles. The van der Waals surface area contributed by atoms with E-state index in [0.717, 1.165) is 30.2 Å². The van der Waals surface area contributed by atoms with Crippen molar-refractivity contribution in [2.45, 2.75) is 70.1 Å². The van der Waals surface area contributed by atoms with Crippen molar-refractivity contribution in [3.63, 3.8) is 0 Å². The van der Waals surface area contributed by atoms with Crippen molar-refractivity contribution >= 4 is 17.5 Å². The molecule has 1 aromatic heterocycles. The zero-order valence-electron chi connectivity index (χ0n) is 24.3. The quantitative estimate of drug-likeness (QED) is 0.452. The Kier molecular flexibility index (Phi) is 7.80. The maximum atomic E-state index is 15.1. The van der Waals surface area contributed by atoms with Gasteiger partial charge in [-0.1, -0.05) is 17.7 Å². The fourth-order valence-corrected chi connectivity index (χ4v) is 7.49. The first-order valence-electron chi connectivity index (χ1n) is 14.8. The molecule has 0 N–H and O–H groups in total. The second-order valence-corrected chi connectivity index (χ2v) is 13.2. The molecule has 0 radical (unpaired) electrons. The van der Waals surface area contributed by atoms with E-state index in [-0.39, 0.29) is 17.9 Å². The Labute approximate surface area is 250 Å². The fourth-order valence-electron chi connectivity index (χ4n) is 7.33. The lowest BCUT2D eigenvalue weighted by Gasteiger charge is -2.41. The van der Waals surface area contributed by atoms with Crippen molar-refractivity contribution in [1.29, 1.82) is 5.26 Å². The third-order valence-electron chi connectivity index (χ3n) is 9.80. The summed E-state index contributed by atoms with van der Waals surface area (Å²) in [4.78, 5) is 23.2. The molecule has 1 unspecified atom stereocenters. The second-order valence-electron chi connectivity index (χ2n) is 12.8. The van der Waals surface area contributed by atoms with Gasteiger partial charge >= 0.3 is 0 Å². The van der Waals surface area contributed by atoms with Gasteiger partial charge in [0.15, 0.2) is 0 Å². The van der Waals surface area contributed by atoms with Gasteiger partial charge in [-0.15, -0.1) is 0 Å². The van der Waals surface area contributed by atoms with Crippen LogP contribution in [-0.4, -0.2) is 66.1 Å². The number of halogens is 3. The summed E-state index contributed by atoms with van der Waals surface area (Å²) in [7, 11) is 0. The summed E-state index contributed by atoms with van der Waals surface area (Å²) < 4.78 is 41.1. The number of benzene rings is 1. The predicted octanol–water partition coefficient (Wildman–Crippen LogP) is 5.66.